The first-order chi connectivity index (χ1) is 14.5. The zero-order valence-electron chi connectivity index (χ0n) is 17.4. The standard InChI is InChI=1S/C24H30ClN3O2/c1-17-5-11-21(12-6-17)23(29)26-14-18-7-9-19(10-8-18)15-27-24(30)28-16-20-3-2-4-22(25)13-20/h2-6,11-13,18-19H,7-10,14-16H2,1H3,(H,26,29)(H2,27,28,30). The van der Waals surface area contributed by atoms with Gasteiger partial charge in [0.25, 0.3) is 5.91 Å². The van der Waals surface area contributed by atoms with Crippen LogP contribution in [0.5, 0.6) is 0 Å². The van der Waals surface area contributed by atoms with Gasteiger partial charge in [-0.15, -0.1) is 0 Å². The number of urea groups is 1. The van der Waals surface area contributed by atoms with E-state index in [0.717, 1.165) is 36.8 Å². The molecule has 3 amide bonds. The van der Waals surface area contributed by atoms with E-state index in [0.29, 0.717) is 42.1 Å². The molecule has 0 saturated heterocycles. The van der Waals surface area contributed by atoms with Crippen molar-refractivity contribution in [3.05, 3.63) is 70.2 Å². The number of nitrogens with one attached hydrogen (secondary N) is 3. The number of hydrogen-bond acceptors (Lipinski definition) is 2. The molecule has 1 fully saturated rings. The third kappa shape index (κ3) is 7.06. The van der Waals surface area contributed by atoms with Gasteiger partial charge in [-0.3, -0.25) is 4.79 Å². The van der Waals surface area contributed by atoms with Gasteiger partial charge in [-0.1, -0.05) is 41.4 Å². The van der Waals surface area contributed by atoms with Crippen LogP contribution in [-0.2, 0) is 6.54 Å². The van der Waals surface area contributed by atoms with Crippen molar-refractivity contribution < 1.29 is 9.59 Å². The lowest BCUT2D eigenvalue weighted by Crippen LogP contribution is -2.39. The SMILES string of the molecule is Cc1ccc(C(=O)NCC2CCC(CNC(=O)NCc3cccc(Cl)c3)CC2)cc1. The predicted molar refractivity (Wildman–Crippen MR) is 121 cm³/mol. The molecule has 30 heavy (non-hydrogen) atoms. The highest BCUT2D eigenvalue weighted by Gasteiger charge is 2.22. The molecule has 0 radical (unpaired) electrons. The molecule has 1 saturated carbocycles. The Bertz CT molecular complexity index is 846. The largest absolute Gasteiger partial charge is 0.352 e. The van der Waals surface area contributed by atoms with Crippen LogP contribution in [0.4, 0.5) is 4.79 Å². The number of amides is 3. The molecule has 0 atom stereocenters. The van der Waals surface area contributed by atoms with Crippen molar-refractivity contribution in [2.75, 3.05) is 13.1 Å². The highest BCUT2D eigenvalue weighted by Crippen LogP contribution is 2.28. The summed E-state index contributed by atoms with van der Waals surface area (Å²) >= 11 is 5.96. The molecule has 0 bridgehead atoms. The maximum atomic E-state index is 12.3. The fourth-order valence-corrected chi connectivity index (χ4v) is 4.03. The number of benzene rings is 2. The minimum Gasteiger partial charge on any atom is -0.352 e. The third-order valence-corrected chi connectivity index (χ3v) is 5.96. The van der Waals surface area contributed by atoms with Gasteiger partial charge in [0.15, 0.2) is 0 Å². The molecule has 160 valence electrons. The van der Waals surface area contributed by atoms with Gasteiger partial charge in [0.1, 0.15) is 0 Å². The number of aryl methyl sites for hydroxylation is 1. The van der Waals surface area contributed by atoms with Crippen LogP contribution in [0, 0.1) is 18.8 Å². The molecule has 3 N–H and O–H groups in total. The molecule has 1 aliphatic rings. The molecular weight excluding hydrogens is 398 g/mol. The molecule has 0 aromatic heterocycles. The second kappa shape index (κ2) is 11.0. The first-order valence-corrected chi connectivity index (χ1v) is 11.0. The van der Waals surface area contributed by atoms with Gasteiger partial charge in [0.05, 0.1) is 0 Å². The molecular formula is C24H30ClN3O2. The molecule has 0 aliphatic heterocycles. The number of hydrogen-bond donors (Lipinski definition) is 3. The van der Waals surface area contributed by atoms with Gasteiger partial charge in [0, 0.05) is 30.2 Å². The van der Waals surface area contributed by atoms with Gasteiger partial charge in [-0.2, -0.15) is 0 Å². The van der Waals surface area contributed by atoms with Crippen molar-refractivity contribution in [1.82, 2.24) is 16.0 Å². The predicted octanol–water partition coefficient (Wildman–Crippen LogP) is 4.68. The lowest BCUT2D eigenvalue weighted by molar-refractivity contribution is 0.0941. The van der Waals surface area contributed by atoms with Crippen molar-refractivity contribution in [3.8, 4) is 0 Å². The third-order valence-electron chi connectivity index (χ3n) is 5.72. The summed E-state index contributed by atoms with van der Waals surface area (Å²) in [5.74, 6) is 0.994. The van der Waals surface area contributed by atoms with E-state index in [1.165, 1.54) is 0 Å². The quantitative estimate of drug-likeness (QED) is 0.600. The molecule has 0 heterocycles. The lowest BCUT2D eigenvalue weighted by atomic mass is 9.82. The Morgan fingerprint density at radius 1 is 0.900 bits per heavy atom. The monoisotopic (exact) mass is 427 g/mol. The minimum absolute atomic E-state index is 0.00448. The van der Waals surface area contributed by atoms with Crippen LogP contribution in [0.15, 0.2) is 48.5 Å². The van der Waals surface area contributed by atoms with Gasteiger partial charge in [-0.05, 0) is 74.3 Å². The summed E-state index contributed by atoms with van der Waals surface area (Å²) in [5.41, 5.74) is 2.84. The average molecular weight is 428 g/mol. The second-order valence-corrected chi connectivity index (χ2v) is 8.59. The van der Waals surface area contributed by atoms with Crippen LogP contribution in [0.1, 0.15) is 47.2 Å². The van der Waals surface area contributed by atoms with Gasteiger partial charge in [0.2, 0.25) is 0 Å². The second-order valence-electron chi connectivity index (χ2n) is 8.16. The van der Waals surface area contributed by atoms with Crippen LogP contribution in [0.25, 0.3) is 0 Å². The van der Waals surface area contributed by atoms with Crippen molar-refractivity contribution in [1.29, 1.82) is 0 Å². The fraction of sp³-hybridized carbons (Fsp3) is 0.417. The summed E-state index contributed by atoms with van der Waals surface area (Å²) in [4.78, 5) is 24.3. The maximum Gasteiger partial charge on any atom is 0.315 e. The zero-order chi connectivity index (χ0) is 21.3. The Morgan fingerprint density at radius 3 is 2.17 bits per heavy atom. The average Bonchev–Trinajstić information content (AvgIpc) is 2.76. The summed E-state index contributed by atoms with van der Waals surface area (Å²) in [6.45, 7) is 3.87. The summed E-state index contributed by atoms with van der Waals surface area (Å²) in [6.07, 6.45) is 4.29. The number of rotatable bonds is 7. The molecule has 1 aliphatic carbocycles. The van der Waals surface area contributed by atoms with E-state index in [4.69, 9.17) is 11.6 Å². The van der Waals surface area contributed by atoms with E-state index in [9.17, 15) is 9.59 Å². The lowest BCUT2D eigenvalue weighted by Gasteiger charge is -2.28. The first-order valence-electron chi connectivity index (χ1n) is 10.6. The fourth-order valence-electron chi connectivity index (χ4n) is 3.81. The summed E-state index contributed by atoms with van der Waals surface area (Å²) in [6, 6.07) is 15.0. The van der Waals surface area contributed by atoms with Crippen LogP contribution >= 0.6 is 11.6 Å². The Hall–Kier alpha value is -2.53. The molecule has 5 nitrogen and oxygen atoms in total. The molecule has 0 spiro atoms. The number of halogens is 1. The Labute approximate surface area is 183 Å². The van der Waals surface area contributed by atoms with Crippen LogP contribution < -0.4 is 16.0 Å². The smallest absolute Gasteiger partial charge is 0.315 e. The van der Waals surface area contributed by atoms with Gasteiger partial charge in [-0.25, -0.2) is 4.79 Å². The van der Waals surface area contributed by atoms with E-state index in [-0.39, 0.29) is 11.9 Å². The minimum atomic E-state index is -0.150. The summed E-state index contributed by atoms with van der Waals surface area (Å²) in [5, 5.41) is 9.58. The van der Waals surface area contributed by atoms with Crippen LogP contribution in [0.3, 0.4) is 0 Å². The van der Waals surface area contributed by atoms with Crippen molar-refractivity contribution >= 4 is 23.5 Å². The van der Waals surface area contributed by atoms with Crippen molar-refractivity contribution in [3.63, 3.8) is 0 Å². The van der Waals surface area contributed by atoms with E-state index in [1.54, 1.807) is 0 Å². The van der Waals surface area contributed by atoms with E-state index < -0.39 is 0 Å². The topological polar surface area (TPSA) is 70.2 Å². The molecule has 2 aromatic carbocycles. The van der Waals surface area contributed by atoms with Crippen LogP contribution in [-0.4, -0.2) is 25.0 Å². The molecule has 0 unspecified atom stereocenters. The highest BCUT2D eigenvalue weighted by molar-refractivity contribution is 6.30. The number of carbonyl (C=O) groups is 2. The zero-order valence-corrected chi connectivity index (χ0v) is 18.2. The van der Waals surface area contributed by atoms with E-state index >= 15 is 0 Å². The summed E-state index contributed by atoms with van der Waals surface area (Å²) < 4.78 is 0. The first kappa shape index (κ1) is 22.2. The number of carbonyl (C=O) groups excluding carboxylic acids is 2. The van der Waals surface area contributed by atoms with Crippen molar-refractivity contribution in [2.45, 2.75) is 39.2 Å². The van der Waals surface area contributed by atoms with E-state index in [1.807, 2.05) is 55.5 Å². The molecule has 3 rings (SSSR count). The van der Waals surface area contributed by atoms with Crippen LogP contribution in [0.2, 0.25) is 5.02 Å². The Morgan fingerprint density at radius 2 is 1.53 bits per heavy atom. The van der Waals surface area contributed by atoms with Gasteiger partial charge < -0.3 is 16.0 Å². The summed E-state index contributed by atoms with van der Waals surface area (Å²) in [7, 11) is 0. The maximum absolute atomic E-state index is 12.3. The Kier molecular flexibility index (Phi) is 8.14. The van der Waals surface area contributed by atoms with Gasteiger partial charge >= 0.3 is 6.03 Å². The molecule has 2 aromatic rings. The highest BCUT2D eigenvalue weighted by atomic mass is 35.5. The van der Waals surface area contributed by atoms with Crippen molar-refractivity contribution in [2.24, 2.45) is 11.8 Å². The Balaban J connectivity index is 1.30. The molecule has 6 heteroatoms. The van der Waals surface area contributed by atoms with E-state index in [2.05, 4.69) is 16.0 Å². The normalized spacial score (nSPS) is 18.5.